The number of alkyl halides is 2. The molecule has 2 rings (SSSR count). The zero-order valence-electron chi connectivity index (χ0n) is 8.77. The number of hydrogen-bond acceptors (Lipinski definition) is 5. The van der Waals surface area contributed by atoms with Crippen molar-refractivity contribution in [2.24, 2.45) is 5.73 Å². The van der Waals surface area contributed by atoms with Gasteiger partial charge in [0, 0.05) is 6.04 Å². The van der Waals surface area contributed by atoms with Crippen LogP contribution in [0.4, 0.5) is 8.78 Å². The molecule has 7 heteroatoms. The predicted molar refractivity (Wildman–Crippen MR) is 51.6 cm³/mol. The minimum Gasteiger partial charge on any atom is -0.338 e. The summed E-state index contributed by atoms with van der Waals surface area (Å²) in [6.45, 7) is 0.237. The first-order valence-corrected chi connectivity index (χ1v) is 5.22. The summed E-state index contributed by atoms with van der Waals surface area (Å²) in [5.41, 5.74) is 5.32. The topological polar surface area (TPSA) is 68.2 Å². The van der Waals surface area contributed by atoms with Crippen LogP contribution in [-0.2, 0) is 13.1 Å². The van der Waals surface area contributed by atoms with Crippen molar-refractivity contribution in [1.82, 2.24) is 15.0 Å². The van der Waals surface area contributed by atoms with Crippen LogP contribution < -0.4 is 5.73 Å². The summed E-state index contributed by atoms with van der Waals surface area (Å²) >= 11 is 0. The normalized spacial score (nSPS) is 16.3. The number of nitrogens with zero attached hydrogens (tertiary/aromatic N) is 3. The first-order valence-electron chi connectivity index (χ1n) is 5.22. The van der Waals surface area contributed by atoms with Gasteiger partial charge in [0.1, 0.15) is 0 Å². The van der Waals surface area contributed by atoms with Gasteiger partial charge >= 0.3 is 0 Å². The highest BCUT2D eigenvalue weighted by Gasteiger charge is 2.31. The van der Waals surface area contributed by atoms with Crippen molar-refractivity contribution in [1.29, 1.82) is 0 Å². The van der Waals surface area contributed by atoms with Crippen molar-refractivity contribution < 1.29 is 13.3 Å². The van der Waals surface area contributed by atoms with Crippen molar-refractivity contribution in [3.05, 3.63) is 11.7 Å². The molecule has 1 fully saturated rings. The number of nitrogens with two attached hydrogens (primary N) is 1. The highest BCUT2D eigenvalue weighted by atomic mass is 19.3. The molecule has 0 bridgehead atoms. The van der Waals surface area contributed by atoms with Gasteiger partial charge in [0.15, 0.2) is 5.82 Å². The Bertz CT molecular complexity index is 340. The lowest BCUT2D eigenvalue weighted by atomic mass is 10.4. The second-order valence-corrected chi connectivity index (χ2v) is 3.86. The molecule has 0 saturated heterocycles. The van der Waals surface area contributed by atoms with Gasteiger partial charge in [-0.15, -0.1) is 0 Å². The van der Waals surface area contributed by atoms with Gasteiger partial charge in [0.2, 0.25) is 5.89 Å². The monoisotopic (exact) mass is 232 g/mol. The Balaban J connectivity index is 1.93. The third-order valence-electron chi connectivity index (χ3n) is 2.47. The average Bonchev–Trinajstić information content (AvgIpc) is 2.98. The molecule has 1 aliphatic rings. The van der Waals surface area contributed by atoms with Gasteiger partial charge in [-0.05, 0) is 12.8 Å². The van der Waals surface area contributed by atoms with E-state index in [1.165, 1.54) is 0 Å². The molecule has 1 aromatic heterocycles. The van der Waals surface area contributed by atoms with E-state index >= 15 is 0 Å². The van der Waals surface area contributed by atoms with Gasteiger partial charge < -0.3 is 10.3 Å². The van der Waals surface area contributed by atoms with Crippen molar-refractivity contribution in [2.75, 3.05) is 6.54 Å². The molecule has 0 unspecified atom stereocenters. The number of halogens is 2. The minimum atomic E-state index is -2.33. The standard InChI is InChI=1S/C9H14F2N4O/c10-7(11)4-15(6-1-2-6)5-8-13-9(3-12)16-14-8/h6-7H,1-5,12H2. The van der Waals surface area contributed by atoms with E-state index in [0.717, 1.165) is 12.8 Å². The molecule has 2 N–H and O–H groups in total. The average molecular weight is 232 g/mol. The zero-order chi connectivity index (χ0) is 11.5. The lowest BCUT2D eigenvalue weighted by molar-refractivity contribution is 0.0788. The zero-order valence-corrected chi connectivity index (χ0v) is 8.77. The van der Waals surface area contributed by atoms with Crippen molar-refractivity contribution in [3.63, 3.8) is 0 Å². The van der Waals surface area contributed by atoms with Crippen molar-refractivity contribution in [2.45, 2.75) is 38.4 Å². The van der Waals surface area contributed by atoms with Crippen molar-refractivity contribution >= 4 is 0 Å². The first kappa shape index (κ1) is 11.4. The van der Waals surface area contributed by atoms with Gasteiger partial charge in [-0.25, -0.2) is 8.78 Å². The number of hydrogen-bond donors (Lipinski definition) is 1. The second-order valence-electron chi connectivity index (χ2n) is 3.86. The number of rotatable bonds is 6. The van der Waals surface area contributed by atoms with Crippen LogP contribution in [0.2, 0.25) is 0 Å². The Labute approximate surface area is 91.6 Å². The summed E-state index contributed by atoms with van der Waals surface area (Å²) in [7, 11) is 0. The third-order valence-corrected chi connectivity index (χ3v) is 2.47. The fourth-order valence-corrected chi connectivity index (χ4v) is 1.58. The van der Waals surface area contributed by atoms with Crippen LogP contribution in [0.5, 0.6) is 0 Å². The van der Waals surface area contributed by atoms with Crippen LogP contribution in [-0.4, -0.2) is 34.1 Å². The minimum absolute atomic E-state index is 0.172. The molecular formula is C9H14F2N4O. The first-order chi connectivity index (χ1) is 7.69. The fraction of sp³-hybridized carbons (Fsp3) is 0.778. The SMILES string of the molecule is NCc1nc(CN(CC(F)F)C2CC2)no1. The largest absolute Gasteiger partial charge is 0.338 e. The summed E-state index contributed by atoms with van der Waals surface area (Å²) in [6, 6.07) is 0.244. The lowest BCUT2D eigenvalue weighted by Crippen LogP contribution is -2.31. The Hall–Kier alpha value is -1.08. The van der Waals surface area contributed by atoms with Gasteiger partial charge in [0.05, 0.1) is 19.6 Å². The molecule has 1 heterocycles. The molecule has 0 aliphatic heterocycles. The molecule has 16 heavy (non-hydrogen) atoms. The highest BCUT2D eigenvalue weighted by Crippen LogP contribution is 2.28. The van der Waals surface area contributed by atoms with Crippen LogP contribution in [0, 0.1) is 0 Å². The molecular weight excluding hydrogens is 218 g/mol. The molecule has 1 aliphatic carbocycles. The summed E-state index contributed by atoms with van der Waals surface area (Å²) in [5, 5.41) is 3.69. The molecule has 0 spiro atoms. The summed E-state index contributed by atoms with van der Waals surface area (Å²) in [5.74, 6) is 0.760. The Morgan fingerprint density at radius 1 is 1.50 bits per heavy atom. The van der Waals surface area contributed by atoms with Crippen LogP contribution in [0.15, 0.2) is 4.52 Å². The van der Waals surface area contributed by atoms with Gasteiger partial charge in [-0.3, -0.25) is 4.90 Å². The van der Waals surface area contributed by atoms with Crippen molar-refractivity contribution in [3.8, 4) is 0 Å². The number of aromatic nitrogens is 2. The Kier molecular flexibility index (Phi) is 3.45. The molecule has 0 radical (unpaired) electrons. The third kappa shape index (κ3) is 2.96. The van der Waals surface area contributed by atoms with Crippen LogP contribution in [0.25, 0.3) is 0 Å². The Morgan fingerprint density at radius 2 is 2.25 bits per heavy atom. The van der Waals surface area contributed by atoms with E-state index < -0.39 is 6.43 Å². The summed E-state index contributed by atoms with van der Waals surface area (Å²) in [4.78, 5) is 5.69. The van der Waals surface area contributed by atoms with E-state index in [2.05, 4.69) is 10.1 Å². The maximum absolute atomic E-state index is 12.3. The van der Waals surface area contributed by atoms with E-state index in [1.54, 1.807) is 4.90 Å². The summed E-state index contributed by atoms with van der Waals surface area (Å²) < 4.78 is 29.5. The van der Waals surface area contributed by atoms with E-state index in [-0.39, 0.29) is 19.1 Å². The van der Waals surface area contributed by atoms with Gasteiger partial charge in [-0.1, -0.05) is 5.16 Å². The molecule has 5 nitrogen and oxygen atoms in total. The smallest absolute Gasteiger partial charge is 0.251 e. The van der Waals surface area contributed by atoms with Gasteiger partial charge in [-0.2, -0.15) is 4.98 Å². The van der Waals surface area contributed by atoms with E-state index in [4.69, 9.17) is 10.3 Å². The quantitative estimate of drug-likeness (QED) is 0.784. The molecule has 0 atom stereocenters. The highest BCUT2D eigenvalue weighted by molar-refractivity contribution is 4.91. The Morgan fingerprint density at radius 3 is 2.75 bits per heavy atom. The molecule has 0 amide bonds. The van der Waals surface area contributed by atoms with Crippen LogP contribution in [0.1, 0.15) is 24.6 Å². The van der Waals surface area contributed by atoms with Crippen LogP contribution in [0.3, 0.4) is 0 Å². The maximum Gasteiger partial charge on any atom is 0.251 e. The summed E-state index contributed by atoms with van der Waals surface area (Å²) in [6.07, 6.45) is -0.399. The van der Waals surface area contributed by atoms with Gasteiger partial charge in [0.25, 0.3) is 6.43 Å². The molecule has 1 saturated carbocycles. The van der Waals surface area contributed by atoms with E-state index in [0.29, 0.717) is 18.3 Å². The lowest BCUT2D eigenvalue weighted by Gasteiger charge is -2.18. The van der Waals surface area contributed by atoms with Crippen LogP contribution >= 0.6 is 0 Å². The predicted octanol–water partition coefficient (Wildman–Crippen LogP) is 0.758. The van der Waals surface area contributed by atoms with E-state index in [9.17, 15) is 8.78 Å². The molecule has 1 aromatic rings. The van der Waals surface area contributed by atoms with E-state index in [1.807, 2.05) is 0 Å². The second kappa shape index (κ2) is 4.84. The molecule has 90 valence electrons. The maximum atomic E-state index is 12.3. The molecule has 0 aromatic carbocycles. The fourth-order valence-electron chi connectivity index (χ4n) is 1.58.